The third kappa shape index (κ3) is 1.98. The zero-order valence-electron chi connectivity index (χ0n) is 8.36. The van der Waals surface area contributed by atoms with Gasteiger partial charge in [-0.25, -0.2) is 4.98 Å². The summed E-state index contributed by atoms with van der Waals surface area (Å²) in [6.45, 7) is 2.05. The average Bonchev–Trinajstić information content (AvgIpc) is 2.57. The molecule has 0 fully saturated rings. The number of oxazole rings is 1. The Morgan fingerprint density at radius 1 is 1.53 bits per heavy atom. The van der Waals surface area contributed by atoms with Gasteiger partial charge in [0.05, 0.1) is 0 Å². The van der Waals surface area contributed by atoms with E-state index in [4.69, 9.17) is 9.52 Å². The zero-order chi connectivity index (χ0) is 10.8. The fourth-order valence-corrected chi connectivity index (χ4v) is 1.45. The summed E-state index contributed by atoms with van der Waals surface area (Å²) in [6, 6.07) is 5.70. The standard InChI is InChI=1S/C11H11NO3/c1-2-7-3-4-9-8(5-7)12-10(15-9)6-11(13)14/h3-5H,2,6H2,1H3,(H,13,14). The highest BCUT2D eigenvalue weighted by Gasteiger charge is 2.09. The summed E-state index contributed by atoms with van der Waals surface area (Å²) >= 11 is 0. The number of rotatable bonds is 3. The minimum atomic E-state index is -0.933. The van der Waals surface area contributed by atoms with Crippen LogP contribution >= 0.6 is 0 Å². The van der Waals surface area contributed by atoms with Gasteiger partial charge in [0.15, 0.2) is 5.58 Å². The van der Waals surface area contributed by atoms with E-state index in [1.54, 1.807) is 0 Å². The lowest BCUT2D eigenvalue weighted by Gasteiger charge is -1.92. The lowest BCUT2D eigenvalue weighted by molar-refractivity contribution is -0.136. The molecule has 4 nitrogen and oxygen atoms in total. The molecule has 2 aromatic rings. The molecule has 4 heteroatoms. The van der Waals surface area contributed by atoms with Gasteiger partial charge in [-0.2, -0.15) is 0 Å². The van der Waals surface area contributed by atoms with Crippen LogP contribution < -0.4 is 0 Å². The van der Waals surface area contributed by atoms with Crippen LogP contribution in [-0.4, -0.2) is 16.1 Å². The van der Waals surface area contributed by atoms with Crippen LogP contribution in [-0.2, 0) is 17.6 Å². The number of hydrogen-bond acceptors (Lipinski definition) is 3. The summed E-state index contributed by atoms with van der Waals surface area (Å²) < 4.78 is 5.29. The summed E-state index contributed by atoms with van der Waals surface area (Å²) in [5.41, 5.74) is 2.53. The van der Waals surface area contributed by atoms with Crippen molar-refractivity contribution >= 4 is 17.1 Å². The topological polar surface area (TPSA) is 63.3 Å². The van der Waals surface area contributed by atoms with Gasteiger partial charge in [-0.1, -0.05) is 13.0 Å². The first-order valence-electron chi connectivity index (χ1n) is 4.79. The van der Waals surface area contributed by atoms with Crippen LogP contribution in [0.5, 0.6) is 0 Å². The second-order valence-corrected chi connectivity index (χ2v) is 3.33. The van der Waals surface area contributed by atoms with Crippen molar-refractivity contribution in [2.75, 3.05) is 0 Å². The Balaban J connectivity index is 2.42. The average molecular weight is 205 g/mol. The molecule has 1 N–H and O–H groups in total. The first-order chi connectivity index (χ1) is 7.19. The van der Waals surface area contributed by atoms with Gasteiger partial charge in [0, 0.05) is 0 Å². The van der Waals surface area contributed by atoms with Gasteiger partial charge in [0.2, 0.25) is 5.89 Å². The van der Waals surface area contributed by atoms with E-state index in [9.17, 15) is 4.79 Å². The van der Waals surface area contributed by atoms with E-state index in [2.05, 4.69) is 11.9 Å². The van der Waals surface area contributed by atoms with Crippen molar-refractivity contribution in [1.29, 1.82) is 0 Å². The first-order valence-corrected chi connectivity index (χ1v) is 4.79. The number of benzene rings is 1. The van der Waals surface area contributed by atoms with E-state index >= 15 is 0 Å². The number of carboxylic acid groups (broad SMARTS) is 1. The van der Waals surface area contributed by atoms with Crippen LogP contribution in [0, 0.1) is 0 Å². The predicted molar refractivity (Wildman–Crippen MR) is 54.7 cm³/mol. The Hall–Kier alpha value is -1.84. The monoisotopic (exact) mass is 205 g/mol. The minimum absolute atomic E-state index is 0.170. The molecular weight excluding hydrogens is 194 g/mol. The molecule has 0 bridgehead atoms. The van der Waals surface area contributed by atoms with Gasteiger partial charge in [0.1, 0.15) is 11.9 Å². The van der Waals surface area contributed by atoms with Gasteiger partial charge in [0.25, 0.3) is 0 Å². The molecule has 0 unspecified atom stereocenters. The third-order valence-electron chi connectivity index (χ3n) is 2.21. The van der Waals surface area contributed by atoms with Crippen LogP contribution in [0.4, 0.5) is 0 Å². The highest BCUT2D eigenvalue weighted by atomic mass is 16.4. The molecule has 0 aliphatic carbocycles. The zero-order valence-corrected chi connectivity index (χ0v) is 8.36. The fraction of sp³-hybridized carbons (Fsp3) is 0.273. The lowest BCUT2D eigenvalue weighted by atomic mass is 10.1. The highest BCUT2D eigenvalue weighted by molar-refractivity contribution is 5.75. The predicted octanol–water partition coefficient (Wildman–Crippen LogP) is 2.02. The van der Waals surface area contributed by atoms with Crippen molar-refractivity contribution in [2.45, 2.75) is 19.8 Å². The maximum absolute atomic E-state index is 10.5. The molecule has 0 aliphatic rings. The lowest BCUT2D eigenvalue weighted by Crippen LogP contribution is -1.99. The van der Waals surface area contributed by atoms with Crippen molar-refractivity contribution in [3.63, 3.8) is 0 Å². The molecule has 0 saturated carbocycles. The van der Waals surface area contributed by atoms with Crippen LogP contribution in [0.25, 0.3) is 11.1 Å². The molecule has 1 aromatic carbocycles. The SMILES string of the molecule is CCc1ccc2oc(CC(=O)O)nc2c1. The molecule has 0 spiro atoms. The fourth-order valence-electron chi connectivity index (χ4n) is 1.45. The van der Waals surface area contributed by atoms with Crippen molar-refractivity contribution < 1.29 is 14.3 Å². The number of nitrogens with zero attached hydrogens (tertiary/aromatic N) is 1. The third-order valence-corrected chi connectivity index (χ3v) is 2.21. The van der Waals surface area contributed by atoms with E-state index in [-0.39, 0.29) is 12.3 Å². The van der Waals surface area contributed by atoms with E-state index < -0.39 is 5.97 Å². The van der Waals surface area contributed by atoms with Gasteiger partial charge < -0.3 is 9.52 Å². The van der Waals surface area contributed by atoms with Crippen molar-refractivity contribution in [1.82, 2.24) is 4.98 Å². The Kier molecular flexibility index (Phi) is 2.41. The molecule has 1 aromatic heterocycles. The van der Waals surface area contributed by atoms with Gasteiger partial charge in [-0.3, -0.25) is 4.79 Å². The Morgan fingerprint density at radius 2 is 2.33 bits per heavy atom. The van der Waals surface area contributed by atoms with Crippen LogP contribution in [0.3, 0.4) is 0 Å². The van der Waals surface area contributed by atoms with E-state index in [1.165, 1.54) is 0 Å². The smallest absolute Gasteiger partial charge is 0.312 e. The summed E-state index contributed by atoms with van der Waals surface area (Å²) in [6.07, 6.45) is 0.757. The molecule has 0 radical (unpaired) electrons. The Morgan fingerprint density at radius 3 is 3.00 bits per heavy atom. The molecule has 1 heterocycles. The molecule has 2 rings (SSSR count). The number of fused-ring (bicyclic) bond motifs is 1. The number of aromatic nitrogens is 1. The second kappa shape index (κ2) is 3.73. The Labute approximate surface area is 86.5 Å². The maximum Gasteiger partial charge on any atom is 0.312 e. The molecule has 0 saturated heterocycles. The number of aryl methyl sites for hydroxylation is 1. The summed E-state index contributed by atoms with van der Waals surface area (Å²) in [4.78, 5) is 14.6. The Bertz CT molecular complexity index is 502. The largest absolute Gasteiger partial charge is 0.481 e. The van der Waals surface area contributed by atoms with E-state index in [1.807, 2.05) is 18.2 Å². The molecule has 0 amide bonds. The van der Waals surface area contributed by atoms with Gasteiger partial charge >= 0.3 is 5.97 Å². The number of carbonyl (C=O) groups is 1. The van der Waals surface area contributed by atoms with Gasteiger partial charge in [-0.15, -0.1) is 0 Å². The van der Waals surface area contributed by atoms with Crippen LogP contribution in [0.2, 0.25) is 0 Å². The number of hydrogen-bond donors (Lipinski definition) is 1. The van der Waals surface area contributed by atoms with Crippen molar-refractivity contribution in [3.05, 3.63) is 29.7 Å². The summed E-state index contributed by atoms with van der Waals surface area (Å²) in [5, 5.41) is 8.59. The van der Waals surface area contributed by atoms with Crippen molar-refractivity contribution in [3.8, 4) is 0 Å². The van der Waals surface area contributed by atoms with Gasteiger partial charge in [-0.05, 0) is 24.1 Å². The number of carboxylic acids is 1. The first kappa shape index (κ1) is 9.71. The van der Waals surface area contributed by atoms with Crippen molar-refractivity contribution in [2.24, 2.45) is 0 Å². The molecule has 0 aliphatic heterocycles. The normalized spacial score (nSPS) is 10.7. The van der Waals surface area contributed by atoms with Crippen LogP contribution in [0.15, 0.2) is 22.6 Å². The highest BCUT2D eigenvalue weighted by Crippen LogP contribution is 2.17. The number of aliphatic carboxylic acids is 1. The maximum atomic E-state index is 10.5. The van der Waals surface area contributed by atoms with Crippen LogP contribution in [0.1, 0.15) is 18.4 Å². The summed E-state index contributed by atoms with van der Waals surface area (Å²) in [5.74, 6) is -0.678. The molecule has 15 heavy (non-hydrogen) atoms. The summed E-state index contributed by atoms with van der Waals surface area (Å²) in [7, 11) is 0. The van der Waals surface area contributed by atoms with E-state index in [0.717, 1.165) is 17.5 Å². The molecular formula is C11H11NO3. The quantitative estimate of drug-likeness (QED) is 0.832. The molecule has 78 valence electrons. The minimum Gasteiger partial charge on any atom is -0.481 e. The second-order valence-electron chi connectivity index (χ2n) is 3.33. The molecule has 0 atom stereocenters. The van der Waals surface area contributed by atoms with E-state index in [0.29, 0.717) is 5.58 Å².